The fourth-order valence-corrected chi connectivity index (χ4v) is 7.83. The first kappa shape index (κ1) is 28.4. The van der Waals surface area contributed by atoms with E-state index in [9.17, 15) is 0 Å². The second kappa shape index (κ2) is 11.5. The molecule has 0 spiro atoms. The summed E-state index contributed by atoms with van der Waals surface area (Å²) in [5.74, 6) is 0. The van der Waals surface area contributed by atoms with E-state index in [1.807, 2.05) is 0 Å². The van der Waals surface area contributed by atoms with Gasteiger partial charge in [-0.3, -0.25) is 0 Å². The van der Waals surface area contributed by atoms with Crippen LogP contribution in [0.5, 0.6) is 0 Å². The molecule has 2 heterocycles. The van der Waals surface area contributed by atoms with Crippen molar-refractivity contribution in [3.8, 4) is 44.8 Å². The normalized spacial score (nSPS) is 11.6. The third-order valence-electron chi connectivity index (χ3n) is 10.1. The average molecular weight is 637 g/mol. The van der Waals surface area contributed by atoms with Crippen LogP contribution >= 0.6 is 0 Å². The van der Waals surface area contributed by atoms with Gasteiger partial charge in [-0.1, -0.05) is 146 Å². The monoisotopic (exact) mass is 636 g/mol. The molecule has 0 aliphatic carbocycles. The van der Waals surface area contributed by atoms with Gasteiger partial charge in [-0.05, 0) is 81.9 Å². The van der Waals surface area contributed by atoms with Gasteiger partial charge < -0.3 is 9.13 Å². The van der Waals surface area contributed by atoms with Crippen LogP contribution < -0.4 is 0 Å². The average Bonchev–Trinajstić information content (AvgIpc) is 3.71. The topological polar surface area (TPSA) is 9.86 Å². The maximum absolute atomic E-state index is 2.48. The predicted octanol–water partition coefficient (Wildman–Crippen LogP) is 12.9. The van der Waals surface area contributed by atoms with Gasteiger partial charge >= 0.3 is 0 Å². The van der Waals surface area contributed by atoms with Crippen molar-refractivity contribution in [3.05, 3.63) is 194 Å². The van der Waals surface area contributed by atoms with Crippen LogP contribution in [-0.2, 0) is 0 Å². The van der Waals surface area contributed by atoms with Crippen molar-refractivity contribution >= 4 is 43.6 Å². The Kier molecular flexibility index (Phi) is 6.53. The van der Waals surface area contributed by atoms with Gasteiger partial charge in [0.1, 0.15) is 0 Å². The highest BCUT2D eigenvalue weighted by atomic mass is 15.0. The lowest BCUT2D eigenvalue weighted by Gasteiger charge is -2.12. The summed E-state index contributed by atoms with van der Waals surface area (Å²) in [4.78, 5) is 0. The number of nitrogens with zero attached hydrogens (tertiary/aromatic N) is 2. The molecule has 234 valence electrons. The summed E-state index contributed by atoms with van der Waals surface area (Å²) >= 11 is 0. The molecule has 10 rings (SSSR count). The van der Waals surface area contributed by atoms with Crippen molar-refractivity contribution in [1.29, 1.82) is 0 Å². The summed E-state index contributed by atoms with van der Waals surface area (Å²) in [5.41, 5.74) is 14.3. The lowest BCUT2D eigenvalue weighted by Crippen LogP contribution is -1.96. The highest BCUT2D eigenvalue weighted by molar-refractivity contribution is 6.26. The van der Waals surface area contributed by atoms with Crippen LogP contribution in [0, 0.1) is 0 Å². The molecule has 50 heavy (non-hydrogen) atoms. The van der Waals surface area contributed by atoms with Gasteiger partial charge in [0, 0.05) is 32.9 Å². The number of para-hydroxylation sites is 1. The van der Waals surface area contributed by atoms with Crippen LogP contribution in [0.4, 0.5) is 0 Å². The number of fused-ring (bicyclic) bond motifs is 7. The summed E-state index contributed by atoms with van der Waals surface area (Å²) in [6, 6.07) is 70.4. The van der Waals surface area contributed by atoms with Crippen LogP contribution in [0.25, 0.3) is 88.4 Å². The molecule has 2 nitrogen and oxygen atoms in total. The molecule has 0 aliphatic rings. The zero-order chi connectivity index (χ0) is 33.0. The van der Waals surface area contributed by atoms with E-state index in [1.54, 1.807) is 0 Å². The lowest BCUT2D eigenvalue weighted by molar-refractivity contribution is 1.17. The number of hydrogen-bond acceptors (Lipinski definition) is 0. The van der Waals surface area contributed by atoms with Crippen LogP contribution in [-0.4, -0.2) is 9.13 Å². The number of hydrogen-bond donors (Lipinski definition) is 0. The molecule has 8 aromatic carbocycles. The van der Waals surface area contributed by atoms with E-state index in [4.69, 9.17) is 0 Å². The SMILES string of the molecule is c1ccc(-c2cccc(-n3c4ccc(-c5ccccc5)cc4c4c3ccc3c5ccccc5n(-c5cccc(-c6ccccc6)c5)c34)c2)cc1. The fourth-order valence-electron chi connectivity index (χ4n) is 7.83. The molecule has 0 saturated carbocycles. The van der Waals surface area contributed by atoms with E-state index in [2.05, 4.69) is 203 Å². The molecule has 0 atom stereocenters. The molecule has 0 amide bonds. The van der Waals surface area contributed by atoms with E-state index in [0.717, 1.165) is 11.4 Å². The zero-order valence-corrected chi connectivity index (χ0v) is 27.4. The molecule has 2 heteroatoms. The summed E-state index contributed by atoms with van der Waals surface area (Å²) < 4.78 is 4.94. The minimum atomic E-state index is 1.15. The molecule has 2 aromatic heterocycles. The highest BCUT2D eigenvalue weighted by Crippen LogP contribution is 2.43. The Bertz CT molecular complexity index is 2840. The summed E-state index contributed by atoms with van der Waals surface area (Å²) in [6.45, 7) is 0. The molecular formula is C48H32N2. The maximum atomic E-state index is 2.48. The maximum Gasteiger partial charge on any atom is 0.0641 e. The molecule has 10 aromatic rings. The van der Waals surface area contributed by atoms with E-state index in [-0.39, 0.29) is 0 Å². The first-order valence-corrected chi connectivity index (χ1v) is 17.2. The fraction of sp³-hybridized carbons (Fsp3) is 0. The summed E-state index contributed by atoms with van der Waals surface area (Å²) in [6.07, 6.45) is 0. The minimum Gasteiger partial charge on any atom is -0.309 e. The second-order valence-corrected chi connectivity index (χ2v) is 13.0. The van der Waals surface area contributed by atoms with Gasteiger partial charge in [-0.15, -0.1) is 0 Å². The van der Waals surface area contributed by atoms with Gasteiger partial charge in [0.05, 0.1) is 22.1 Å². The first-order chi connectivity index (χ1) is 24.8. The third kappa shape index (κ3) is 4.50. The van der Waals surface area contributed by atoms with Crippen LogP contribution in [0.3, 0.4) is 0 Å². The van der Waals surface area contributed by atoms with Gasteiger partial charge in [-0.2, -0.15) is 0 Å². The largest absolute Gasteiger partial charge is 0.309 e. The third-order valence-corrected chi connectivity index (χ3v) is 10.1. The molecule has 0 aliphatic heterocycles. The standard InChI is InChI=1S/C48H32N2/c1-4-14-33(15-5-1)36-20-12-22-39(30-36)49-45-28-26-38(35-18-8-3-9-19-35)32-43(45)47-46(49)29-27-42-41-24-10-11-25-44(41)50(48(42)47)40-23-13-21-37(31-40)34-16-6-2-7-17-34/h1-32H. The Balaban J connectivity index is 1.33. The van der Waals surface area contributed by atoms with Crippen LogP contribution in [0.1, 0.15) is 0 Å². The number of benzene rings is 8. The molecule has 0 saturated heterocycles. The first-order valence-electron chi connectivity index (χ1n) is 17.2. The van der Waals surface area contributed by atoms with E-state index >= 15 is 0 Å². The second-order valence-electron chi connectivity index (χ2n) is 13.0. The Labute approximate surface area is 290 Å². The Morgan fingerprint density at radius 3 is 1.36 bits per heavy atom. The molecule has 0 N–H and O–H groups in total. The molecule has 0 unspecified atom stereocenters. The Morgan fingerprint density at radius 1 is 0.260 bits per heavy atom. The molecule has 0 radical (unpaired) electrons. The Morgan fingerprint density at radius 2 is 0.740 bits per heavy atom. The molecule has 0 fully saturated rings. The van der Waals surface area contributed by atoms with E-state index in [1.165, 1.54) is 77.0 Å². The number of aromatic nitrogens is 2. The van der Waals surface area contributed by atoms with Gasteiger partial charge in [0.25, 0.3) is 0 Å². The molecule has 0 bridgehead atoms. The van der Waals surface area contributed by atoms with Crippen molar-refractivity contribution in [2.75, 3.05) is 0 Å². The van der Waals surface area contributed by atoms with E-state index in [0.29, 0.717) is 0 Å². The van der Waals surface area contributed by atoms with E-state index < -0.39 is 0 Å². The van der Waals surface area contributed by atoms with Crippen LogP contribution in [0.2, 0.25) is 0 Å². The predicted molar refractivity (Wildman–Crippen MR) is 211 cm³/mol. The van der Waals surface area contributed by atoms with Gasteiger partial charge in [0.2, 0.25) is 0 Å². The van der Waals surface area contributed by atoms with Crippen molar-refractivity contribution < 1.29 is 0 Å². The van der Waals surface area contributed by atoms with Crippen LogP contribution in [0.15, 0.2) is 194 Å². The van der Waals surface area contributed by atoms with Gasteiger partial charge in [-0.25, -0.2) is 0 Å². The minimum absolute atomic E-state index is 1.15. The summed E-state index contributed by atoms with van der Waals surface area (Å²) in [5, 5.41) is 4.99. The smallest absolute Gasteiger partial charge is 0.0641 e. The molecular weight excluding hydrogens is 605 g/mol. The van der Waals surface area contributed by atoms with Crippen molar-refractivity contribution in [1.82, 2.24) is 9.13 Å². The number of rotatable bonds is 5. The lowest BCUT2D eigenvalue weighted by atomic mass is 10.0. The quantitative estimate of drug-likeness (QED) is 0.178. The van der Waals surface area contributed by atoms with Crippen molar-refractivity contribution in [3.63, 3.8) is 0 Å². The summed E-state index contributed by atoms with van der Waals surface area (Å²) in [7, 11) is 0. The zero-order valence-electron chi connectivity index (χ0n) is 27.4. The Hall–Kier alpha value is -6.64. The van der Waals surface area contributed by atoms with Gasteiger partial charge in [0.15, 0.2) is 0 Å². The van der Waals surface area contributed by atoms with Crippen molar-refractivity contribution in [2.45, 2.75) is 0 Å². The van der Waals surface area contributed by atoms with Crippen molar-refractivity contribution in [2.24, 2.45) is 0 Å². The highest BCUT2D eigenvalue weighted by Gasteiger charge is 2.21.